The van der Waals surface area contributed by atoms with E-state index in [-0.39, 0.29) is 6.04 Å². The predicted octanol–water partition coefficient (Wildman–Crippen LogP) is 2.05. The Kier molecular flexibility index (Phi) is 5.26. The highest BCUT2D eigenvalue weighted by Gasteiger charge is 2.28. The Bertz CT molecular complexity index is 735. The Labute approximate surface area is 154 Å². The summed E-state index contributed by atoms with van der Waals surface area (Å²) >= 11 is 0. The first-order chi connectivity index (χ1) is 12.8. The molecule has 0 amide bonds. The summed E-state index contributed by atoms with van der Waals surface area (Å²) in [5.41, 5.74) is 1.07. The van der Waals surface area contributed by atoms with Gasteiger partial charge >= 0.3 is 0 Å². The zero-order valence-electron chi connectivity index (χ0n) is 15.2. The van der Waals surface area contributed by atoms with Crippen molar-refractivity contribution in [2.45, 2.75) is 25.4 Å². The van der Waals surface area contributed by atoms with Crippen LogP contribution in [-0.2, 0) is 11.3 Å². The molecular weight excluding hydrogens is 330 g/mol. The Morgan fingerprint density at radius 3 is 2.88 bits per heavy atom. The van der Waals surface area contributed by atoms with Crippen LogP contribution in [-0.4, -0.2) is 59.8 Å². The number of aromatic nitrogens is 3. The van der Waals surface area contributed by atoms with Crippen molar-refractivity contribution in [2.24, 2.45) is 0 Å². The summed E-state index contributed by atoms with van der Waals surface area (Å²) in [5.74, 6) is 2.53. The van der Waals surface area contributed by atoms with Crippen molar-refractivity contribution in [2.75, 3.05) is 44.9 Å². The van der Waals surface area contributed by atoms with Crippen LogP contribution in [0.3, 0.4) is 0 Å². The molecule has 7 nitrogen and oxygen atoms in total. The summed E-state index contributed by atoms with van der Waals surface area (Å²) in [6.45, 7) is 5.04. The molecule has 4 heterocycles. The van der Waals surface area contributed by atoms with Gasteiger partial charge in [-0.2, -0.15) is 0 Å². The number of hydrogen-bond donors (Lipinski definition) is 0. The predicted molar refractivity (Wildman–Crippen MR) is 98.2 cm³/mol. The molecule has 1 atom stereocenters. The number of rotatable bonds is 5. The first-order valence-corrected chi connectivity index (χ1v) is 9.23. The zero-order valence-corrected chi connectivity index (χ0v) is 15.2. The molecule has 0 N–H and O–H groups in total. The number of hydrogen-bond acceptors (Lipinski definition) is 7. The monoisotopic (exact) mass is 355 g/mol. The third-order valence-electron chi connectivity index (χ3n) is 5.04. The van der Waals surface area contributed by atoms with Crippen molar-refractivity contribution < 1.29 is 9.47 Å². The molecule has 0 radical (unpaired) electrons. The molecule has 0 spiro atoms. The molecule has 0 saturated carbocycles. The summed E-state index contributed by atoms with van der Waals surface area (Å²) in [6.07, 6.45) is 6.09. The molecule has 0 unspecified atom stereocenters. The van der Waals surface area contributed by atoms with Crippen LogP contribution >= 0.6 is 0 Å². The fraction of sp³-hybridized carbons (Fsp3) is 0.526. The average Bonchev–Trinajstić information content (AvgIpc) is 3.24. The second kappa shape index (κ2) is 7.97. The molecule has 2 fully saturated rings. The lowest BCUT2D eigenvalue weighted by molar-refractivity contribution is -0.0162. The van der Waals surface area contributed by atoms with Crippen LogP contribution in [0.4, 0.5) is 5.82 Å². The number of ether oxygens (including phenoxy) is 2. The summed E-state index contributed by atoms with van der Waals surface area (Å²) in [4.78, 5) is 18.4. The van der Waals surface area contributed by atoms with Crippen LogP contribution in [0.2, 0.25) is 0 Å². The van der Waals surface area contributed by atoms with Crippen LogP contribution in [0.5, 0.6) is 5.88 Å². The number of anilines is 1. The third kappa shape index (κ3) is 3.64. The zero-order chi connectivity index (χ0) is 17.8. The quantitative estimate of drug-likeness (QED) is 0.813. The van der Waals surface area contributed by atoms with Crippen molar-refractivity contribution >= 4 is 5.82 Å². The summed E-state index contributed by atoms with van der Waals surface area (Å²) in [5, 5.41) is 0. The lowest BCUT2D eigenvalue weighted by Crippen LogP contribution is -2.40. The molecule has 2 aliphatic rings. The first kappa shape index (κ1) is 17.2. The Balaban J connectivity index is 1.56. The standard InChI is InChI=1S/C19H25N5O2/c1-25-19-15(5-4-7-21-19)13-24-11-12-26-14-16(24)18-20-8-6-17(22-18)23-9-2-3-10-23/h4-8,16H,2-3,9-14H2,1H3/t16-/m1/s1. The molecule has 2 aromatic rings. The van der Waals surface area contributed by atoms with E-state index in [1.165, 1.54) is 12.8 Å². The molecule has 2 saturated heterocycles. The second-order valence-electron chi connectivity index (χ2n) is 6.70. The van der Waals surface area contributed by atoms with Gasteiger partial charge in [0.05, 0.1) is 26.4 Å². The van der Waals surface area contributed by atoms with Crippen LogP contribution in [0.1, 0.15) is 30.3 Å². The Morgan fingerprint density at radius 1 is 1.15 bits per heavy atom. The summed E-state index contributed by atoms with van der Waals surface area (Å²) in [7, 11) is 1.66. The van der Waals surface area contributed by atoms with Gasteiger partial charge in [-0.1, -0.05) is 6.07 Å². The molecule has 0 bridgehead atoms. The largest absolute Gasteiger partial charge is 0.481 e. The van der Waals surface area contributed by atoms with Gasteiger partial charge < -0.3 is 14.4 Å². The Hall–Kier alpha value is -2.25. The highest BCUT2D eigenvalue weighted by atomic mass is 16.5. The first-order valence-electron chi connectivity index (χ1n) is 9.23. The Morgan fingerprint density at radius 2 is 2.04 bits per heavy atom. The average molecular weight is 355 g/mol. The maximum atomic E-state index is 5.74. The van der Waals surface area contributed by atoms with Crippen molar-refractivity contribution in [3.05, 3.63) is 42.0 Å². The highest BCUT2D eigenvalue weighted by molar-refractivity contribution is 5.38. The minimum absolute atomic E-state index is 0.0382. The SMILES string of the molecule is COc1ncccc1CN1CCOC[C@@H]1c1nccc(N2CCCC2)n1. The lowest BCUT2D eigenvalue weighted by Gasteiger charge is -2.35. The topological polar surface area (TPSA) is 63.6 Å². The summed E-state index contributed by atoms with van der Waals surface area (Å²) < 4.78 is 11.2. The van der Waals surface area contributed by atoms with Gasteiger partial charge in [-0.15, -0.1) is 0 Å². The van der Waals surface area contributed by atoms with Gasteiger partial charge in [-0.3, -0.25) is 4.90 Å². The number of morpholine rings is 1. The van der Waals surface area contributed by atoms with E-state index in [0.717, 1.165) is 43.4 Å². The van der Waals surface area contributed by atoms with Crippen molar-refractivity contribution in [1.82, 2.24) is 19.9 Å². The number of methoxy groups -OCH3 is 1. The minimum Gasteiger partial charge on any atom is -0.481 e. The van der Waals surface area contributed by atoms with Crippen molar-refractivity contribution in [3.8, 4) is 5.88 Å². The van der Waals surface area contributed by atoms with E-state index in [0.29, 0.717) is 19.1 Å². The van der Waals surface area contributed by atoms with E-state index in [1.54, 1.807) is 13.3 Å². The van der Waals surface area contributed by atoms with Crippen LogP contribution < -0.4 is 9.64 Å². The minimum atomic E-state index is 0.0382. The van der Waals surface area contributed by atoms with Gasteiger partial charge in [-0.25, -0.2) is 15.0 Å². The van der Waals surface area contributed by atoms with E-state index < -0.39 is 0 Å². The smallest absolute Gasteiger partial charge is 0.217 e. The van der Waals surface area contributed by atoms with E-state index in [1.807, 2.05) is 18.3 Å². The van der Waals surface area contributed by atoms with Gasteiger partial charge in [0.2, 0.25) is 5.88 Å². The van der Waals surface area contributed by atoms with Crippen molar-refractivity contribution in [1.29, 1.82) is 0 Å². The molecule has 7 heteroatoms. The molecule has 26 heavy (non-hydrogen) atoms. The molecule has 0 aromatic carbocycles. The third-order valence-corrected chi connectivity index (χ3v) is 5.04. The van der Waals surface area contributed by atoms with Crippen molar-refractivity contribution in [3.63, 3.8) is 0 Å². The van der Waals surface area contributed by atoms with E-state index in [4.69, 9.17) is 14.5 Å². The lowest BCUT2D eigenvalue weighted by atomic mass is 10.1. The van der Waals surface area contributed by atoms with Gasteiger partial charge in [-0.05, 0) is 25.0 Å². The van der Waals surface area contributed by atoms with Crippen LogP contribution in [0, 0.1) is 0 Å². The van der Waals surface area contributed by atoms with E-state index in [2.05, 4.69) is 25.8 Å². The molecule has 2 aromatic heterocycles. The molecular formula is C19H25N5O2. The maximum absolute atomic E-state index is 5.74. The van der Waals surface area contributed by atoms with Gasteiger partial charge in [0, 0.05) is 44.1 Å². The van der Waals surface area contributed by atoms with E-state index >= 15 is 0 Å². The molecule has 0 aliphatic carbocycles. The van der Waals surface area contributed by atoms with Gasteiger partial charge in [0.15, 0.2) is 0 Å². The number of pyridine rings is 1. The normalized spacial score (nSPS) is 21.1. The van der Waals surface area contributed by atoms with Crippen LogP contribution in [0.15, 0.2) is 30.6 Å². The van der Waals surface area contributed by atoms with Gasteiger partial charge in [0.1, 0.15) is 11.6 Å². The fourth-order valence-electron chi connectivity index (χ4n) is 3.66. The maximum Gasteiger partial charge on any atom is 0.217 e. The second-order valence-corrected chi connectivity index (χ2v) is 6.70. The molecule has 138 valence electrons. The summed E-state index contributed by atoms with van der Waals surface area (Å²) in [6, 6.07) is 6.04. The fourth-order valence-corrected chi connectivity index (χ4v) is 3.66. The van der Waals surface area contributed by atoms with Crippen LogP contribution in [0.25, 0.3) is 0 Å². The molecule has 2 aliphatic heterocycles. The molecule has 4 rings (SSSR count). The number of nitrogens with zero attached hydrogens (tertiary/aromatic N) is 5. The van der Waals surface area contributed by atoms with Gasteiger partial charge in [0.25, 0.3) is 0 Å². The highest BCUT2D eigenvalue weighted by Crippen LogP contribution is 2.27. The van der Waals surface area contributed by atoms with E-state index in [9.17, 15) is 0 Å².